The molecule has 0 aromatic carbocycles. The Hall–Kier alpha value is -1.36. The van der Waals surface area contributed by atoms with Gasteiger partial charge in [0.05, 0.1) is 0 Å². The molecule has 1 saturated heterocycles. The highest BCUT2D eigenvalue weighted by atomic mass is 16.5. The Morgan fingerprint density at radius 1 is 1.39 bits per heavy atom. The first kappa shape index (κ1) is 13.1. The molecule has 1 unspecified atom stereocenters. The second kappa shape index (κ2) is 6.54. The lowest BCUT2D eigenvalue weighted by Crippen LogP contribution is -2.15. The Balaban J connectivity index is 1.75. The first-order valence-corrected chi connectivity index (χ1v) is 6.57. The van der Waals surface area contributed by atoms with Crippen LogP contribution in [0.3, 0.4) is 0 Å². The zero-order valence-corrected chi connectivity index (χ0v) is 11.2. The smallest absolute Gasteiger partial charge is 0.171 e. The molecule has 1 aliphatic rings. The molecule has 0 spiro atoms. The number of anilines is 2. The van der Waals surface area contributed by atoms with E-state index in [-0.39, 0.29) is 0 Å². The van der Waals surface area contributed by atoms with Gasteiger partial charge < -0.3 is 15.0 Å². The van der Waals surface area contributed by atoms with Gasteiger partial charge in [0.2, 0.25) is 0 Å². The van der Waals surface area contributed by atoms with E-state index in [1.807, 2.05) is 19.0 Å². The van der Waals surface area contributed by atoms with E-state index in [9.17, 15) is 0 Å². The Labute approximate surface area is 109 Å². The first-order chi connectivity index (χ1) is 8.77. The maximum atomic E-state index is 5.37. The minimum Gasteiger partial charge on any atom is -0.381 e. The van der Waals surface area contributed by atoms with Gasteiger partial charge in [0.1, 0.15) is 0 Å². The van der Waals surface area contributed by atoms with E-state index in [1.165, 1.54) is 12.8 Å². The summed E-state index contributed by atoms with van der Waals surface area (Å²) in [7, 11) is 3.95. The molecule has 1 N–H and O–H groups in total. The van der Waals surface area contributed by atoms with Crippen molar-refractivity contribution in [3.05, 3.63) is 12.4 Å². The summed E-state index contributed by atoms with van der Waals surface area (Å²) in [5, 5.41) is 3.36. The lowest BCUT2D eigenvalue weighted by atomic mass is 10.0. The minimum absolute atomic E-state index is 0.752. The van der Waals surface area contributed by atoms with Crippen LogP contribution in [0, 0.1) is 5.92 Å². The van der Waals surface area contributed by atoms with Gasteiger partial charge in [0.15, 0.2) is 11.6 Å². The molecule has 5 heteroatoms. The summed E-state index contributed by atoms with van der Waals surface area (Å²) in [5.41, 5.74) is 0. The van der Waals surface area contributed by atoms with Gasteiger partial charge in [-0.2, -0.15) is 0 Å². The molecule has 5 nitrogen and oxygen atoms in total. The third-order valence-corrected chi connectivity index (χ3v) is 3.21. The molecule has 0 bridgehead atoms. The van der Waals surface area contributed by atoms with E-state index >= 15 is 0 Å². The average Bonchev–Trinajstić information content (AvgIpc) is 2.88. The predicted molar refractivity (Wildman–Crippen MR) is 73.0 cm³/mol. The molecule has 0 radical (unpaired) electrons. The van der Waals surface area contributed by atoms with Crippen LogP contribution in [0.5, 0.6) is 0 Å². The highest BCUT2D eigenvalue weighted by Crippen LogP contribution is 2.19. The van der Waals surface area contributed by atoms with Crippen LogP contribution in [-0.4, -0.2) is 43.8 Å². The summed E-state index contributed by atoms with van der Waals surface area (Å²) in [6.07, 6.45) is 7.03. The van der Waals surface area contributed by atoms with E-state index in [2.05, 4.69) is 15.3 Å². The highest BCUT2D eigenvalue weighted by molar-refractivity contribution is 5.59. The second-order valence-electron chi connectivity index (χ2n) is 4.92. The monoisotopic (exact) mass is 250 g/mol. The number of nitrogens with one attached hydrogen (secondary N) is 1. The van der Waals surface area contributed by atoms with E-state index in [1.54, 1.807) is 12.4 Å². The Kier molecular flexibility index (Phi) is 4.75. The summed E-state index contributed by atoms with van der Waals surface area (Å²) in [6, 6.07) is 0. The molecule has 1 aliphatic heterocycles. The zero-order valence-electron chi connectivity index (χ0n) is 11.2. The third kappa shape index (κ3) is 3.57. The zero-order chi connectivity index (χ0) is 12.8. The lowest BCUT2D eigenvalue weighted by Gasteiger charge is -2.16. The van der Waals surface area contributed by atoms with Crippen molar-refractivity contribution >= 4 is 11.6 Å². The standard InChI is InChI=1S/C13H22N4O/c1-17(2)13-12(15-7-8-16-13)14-6-3-4-11-5-9-18-10-11/h7-8,11H,3-6,9-10H2,1-2H3,(H,14,15). The molecule has 1 aromatic heterocycles. The van der Waals surface area contributed by atoms with Crippen molar-refractivity contribution in [1.82, 2.24) is 9.97 Å². The first-order valence-electron chi connectivity index (χ1n) is 6.57. The molecule has 0 amide bonds. The van der Waals surface area contributed by atoms with Gasteiger partial charge in [-0.3, -0.25) is 0 Å². The largest absolute Gasteiger partial charge is 0.381 e. The molecule has 1 aromatic rings. The molecule has 2 heterocycles. The van der Waals surface area contributed by atoms with Crippen molar-refractivity contribution in [2.75, 3.05) is 44.1 Å². The lowest BCUT2D eigenvalue weighted by molar-refractivity contribution is 0.184. The summed E-state index contributed by atoms with van der Waals surface area (Å²) in [6.45, 7) is 2.82. The molecule has 18 heavy (non-hydrogen) atoms. The van der Waals surface area contributed by atoms with Gasteiger partial charge in [-0.25, -0.2) is 9.97 Å². The average molecular weight is 250 g/mol. The summed E-state index contributed by atoms with van der Waals surface area (Å²) in [4.78, 5) is 10.6. The van der Waals surface area contributed by atoms with Crippen LogP contribution in [-0.2, 0) is 4.74 Å². The van der Waals surface area contributed by atoms with Crippen LogP contribution >= 0.6 is 0 Å². The Morgan fingerprint density at radius 2 is 2.22 bits per heavy atom. The second-order valence-corrected chi connectivity index (χ2v) is 4.92. The SMILES string of the molecule is CN(C)c1nccnc1NCCCC1CCOC1. The number of ether oxygens (including phenoxy) is 1. The van der Waals surface area contributed by atoms with Crippen LogP contribution in [0.25, 0.3) is 0 Å². The Bertz CT molecular complexity index is 364. The van der Waals surface area contributed by atoms with E-state index in [4.69, 9.17) is 4.74 Å². The van der Waals surface area contributed by atoms with Crippen molar-refractivity contribution in [2.24, 2.45) is 5.92 Å². The van der Waals surface area contributed by atoms with Crippen LogP contribution in [0.4, 0.5) is 11.6 Å². The number of hydrogen-bond acceptors (Lipinski definition) is 5. The number of aromatic nitrogens is 2. The van der Waals surface area contributed by atoms with Gasteiger partial charge in [-0.05, 0) is 25.2 Å². The maximum absolute atomic E-state index is 5.37. The highest BCUT2D eigenvalue weighted by Gasteiger charge is 2.14. The maximum Gasteiger partial charge on any atom is 0.171 e. The summed E-state index contributed by atoms with van der Waals surface area (Å²) >= 11 is 0. The van der Waals surface area contributed by atoms with Crippen LogP contribution < -0.4 is 10.2 Å². The normalized spacial score (nSPS) is 18.9. The molecular formula is C13H22N4O. The molecule has 100 valence electrons. The van der Waals surface area contributed by atoms with Crippen molar-refractivity contribution in [3.63, 3.8) is 0 Å². The quantitative estimate of drug-likeness (QED) is 0.780. The fraction of sp³-hybridized carbons (Fsp3) is 0.692. The van der Waals surface area contributed by atoms with Gasteiger partial charge in [0, 0.05) is 46.2 Å². The Morgan fingerprint density at radius 3 is 2.94 bits per heavy atom. The van der Waals surface area contributed by atoms with Crippen LogP contribution in [0.1, 0.15) is 19.3 Å². The topological polar surface area (TPSA) is 50.3 Å². The van der Waals surface area contributed by atoms with Crippen LogP contribution in [0.2, 0.25) is 0 Å². The van der Waals surface area contributed by atoms with E-state index in [0.29, 0.717) is 0 Å². The number of hydrogen-bond donors (Lipinski definition) is 1. The molecule has 0 aliphatic carbocycles. The molecule has 1 fully saturated rings. The number of rotatable bonds is 6. The molecule has 1 atom stereocenters. The van der Waals surface area contributed by atoms with Crippen molar-refractivity contribution < 1.29 is 4.74 Å². The van der Waals surface area contributed by atoms with Crippen molar-refractivity contribution in [1.29, 1.82) is 0 Å². The molecule has 0 saturated carbocycles. The summed E-state index contributed by atoms with van der Waals surface area (Å²) in [5.74, 6) is 2.51. The van der Waals surface area contributed by atoms with Crippen LogP contribution in [0.15, 0.2) is 12.4 Å². The van der Waals surface area contributed by atoms with Gasteiger partial charge in [-0.15, -0.1) is 0 Å². The fourth-order valence-electron chi connectivity index (χ4n) is 2.19. The van der Waals surface area contributed by atoms with Gasteiger partial charge in [0.25, 0.3) is 0 Å². The minimum atomic E-state index is 0.752. The van der Waals surface area contributed by atoms with E-state index < -0.39 is 0 Å². The van der Waals surface area contributed by atoms with Gasteiger partial charge >= 0.3 is 0 Å². The van der Waals surface area contributed by atoms with E-state index in [0.717, 1.165) is 43.7 Å². The van der Waals surface area contributed by atoms with Crippen molar-refractivity contribution in [3.8, 4) is 0 Å². The molecule has 2 rings (SSSR count). The molecular weight excluding hydrogens is 228 g/mol. The summed E-state index contributed by atoms with van der Waals surface area (Å²) < 4.78 is 5.37. The number of nitrogens with zero attached hydrogens (tertiary/aromatic N) is 3. The van der Waals surface area contributed by atoms with Gasteiger partial charge in [-0.1, -0.05) is 0 Å². The fourth-order valence-corrected chi connectivity index (χ4v) is 2.19. The van der Waals surface area contributed by atoms with Crippen molar-refractivity contribution in [2.45, 2.75) is 19.3 Å². The predicted octanol–water partition coefficient (Wildman–Crippen LogP) is 1.77. The third-order valence-electron chi connectivity index (χ3n) is 3.21.